The van der Waals surface area contributed by atoms with Crippen LogP contribution in [0.25, 0.3) is 0 Å². The largest absolute Gasteiger partial charge is 0.508 e. The molecule has 2 aliphatic heterocycles. The van der Waals surface area contributed by atoms with Crippen molar-refractivity contribution in [1.82, 2.24) is 10.2 Å². The number of likely N-dealkylation sites (tertiary alicyclic amines) is 1. The number of nitrogens with one attached hydrogen (secondary N) is 1. The van der Waals surface area contributed by atoms with Gasteiger partial charge in [-0.3, -0.25) is 4.90 Å². The van der Waals surface area contributed by atoms with Gasteiger partial charge in [0.2, 0.25) is 0 Å². The fourth-order valence-corrected chi connectivity index (χ4v) is 3.24. The Morgan fingerprint density at radius 3 is 2.65 bits per heavy atom. The molecule has 4 heteroatoms. The Labute approximate surface area is 106 Å². The Morgan fingerprint density at radius 2 is 2.00 bits per heavy atom. The third-order valence-corrected chi connectivity index (χ3v) is 4.30. The topological polar surface area (TPSA) is 35.5 Å². The average Bonchev–Trinajstić information content (AvgIpc) is 2.83. The van der Waals surface area contributed by atoms with Crippen LogP contribution in [0.15, 0.2) is 18.2 Å². The lowest BCUT2D eigenvalue weighted by molar-refractivity contribution is 0.300. The van der Waals surface area contributed by atoms with Crippen LogP contribution in [0.5, 0.6) is 5.75 Å². The molecule has 0 saturated carbocycles. The number of nitrogens with zero attached hydrogens (tertiary/aromatic N) is 1. The molecule has 17 heavy (non-hydrogen) atoms. The van der Waals surface area contributed by atoms with Crippen molar-refractivity contribution in [2.24, 2.45) is 11.8 Å². The van der Waals surface area contributed by atoms with Gasteiger partial charge in [-0.15, -0.1) is 0 Å². The van der Waals surface area contributed by atoms with Crippen LogP contribution in [0, 0.1) is 11.8 Å². The number of hydrogen-bond donors (Lipinski definition) is 2. The molecule has 0 unspecified atom stereocenters. The third-order valence-electron chi connectivity index (χ3n) is 3.94. The minimum Gasteiger partial charge on any atom is -0.508 e. The van der Waals surface area contributed by atoms with Crippen molar-refractivity contribution in [3.05, 3.63) is 28.8 Å². The van der Waals surface area contributed by atoms with Crippen LogP contribution in [0.2, 0.25) is 5.02 Å². The summed E-state index contributed by atoms with van der Waals surface area (Å²) in [6.45, 7) is 5.26. The maximum atomic E-state index is 9.83. The molecule has 0 aliphatic carbocycles. The van der Waals surface area contributed by atoms with Crippen molar-refractivity contribution in [2.75, 3.05) is 26.2 Å². The Bertz CT molecular complexity index is 392. The van der Waals surface area contributed by atoms with Crippen LogP contribution in [0.4, 0.5) is 0 Å². The highest BCUT2D eigenvalue weighted by molar-refractivity contribution is 6.31. The van der Waals surface area contributed by atoms with Crippen LogP contribution < -0.4 is 5.32 Å². The first-order chi connectivity index (χ1) is 8.24. The predicted octanol–water partition coefficient (Wildman–Crippen LogP) is 1.70. The minimum atomic E-state index is 0.313. The first-order valence-electron chi connectivity index (χ1n) is 6.13. The normalized spacial score (nSPS) is 28.5. The van der Waals surface area contributed by atoms with E-state index in [2.05, 4.69) is 10.2 Å². The van der Waals surface area contributed by atoms with E-state index >= 15 is 0 Å². The summed E-state index contributed by atoms with van der Waals surface area (Å²) < 4.78 is 0. The Kier molecular flexibility index (Phi) is 2.99. The molecule has 1 aromatic carbocycles. The van der Waals surface area contributed by atoms with Crippen LogP contribution in [0.3, 0.4) is 0 Å². The van der Waals surface area contributed by atoms with Crippen LogP contribution in [-0.4, -0.2) is 36.2 Å². The highest BCUT2D eigenvalue weighted by atomic mass is 35.5. The average molecular weight is 253 g/mol. The molecule has 0 radical (unpaired) electrons. The number of hydrogen-bond acceptors (Lipinski definition) is 3. The van der Waals surface area contributed by atoms with E-state index < -0.39 is 0 Å². The van der Waals surface area contributed by atoms with E-state index in [-0.39, 0.29) is 0 Å². The van der Waals surface area contributed by atoms with Gasteiger partial charge in [-0.05, 0) is 37.1 Å². The number of halogens is 1. The number of aromatic hydroxyl groups is 1. The van der Waals surface area contributed by atoms with E-state index in [9.17, 15) is 5.11 Å². The van der Waals surface area contributed by atoms with E-state index in [1.165, 1.54) is 0 Å². The molecule has 0 bridgehead atoms. The second-order valence-electron chi connectivity index (χ2n) is 5.11. The fourth-order valence-electron chi connectivity index (χ4n) is 3.01. The summed E-state index contributed by atoms with van der Waals surface area (Å²) in [5.41, 5.74) is 0.863. The van der Waals surface area contributed by atoms with E-state index in [1.54, 1.807) is 12.1 Å². The molecule has 92 valence electrons. The van der Waals surface area contributed by atoms with Crippen molar-refractivity contribution in [2.45, 2.75) is 6.54 Å². The molecule has 0 amide bonds. The van der Waals surface area contributed by atoms with E-state index in [0.717, 1.165) is 50.1 Å². The van der Waals surface area contributed by atoms with Gasteiger partial charge >= 0.3 is 0 Å². The lowest BCUT2D eigenvalue weighted by atomic mass is 10.0. The molecule has 2 fully saturated rings. The first-order valence-corrected chi connectivity index (χ1v) is 6.51. The van der Waals surface area contributed by atoms with Gasteiger partial charge in [0.1, 0.15) is 5.75 Å². The van der Waals surface area contributed by atoms with Gasteiger partial charge in [0.15, 0.2) is 0 Å². The van der Waals surface area contributed by atoms with Gasteiger partial charge < -0.3 is 10.4 Å². The standard InChI is InChI=1S/C13H17ClN2O/c14-12-2-1-3-13(17)11(12)8-16-6-9-4-15-5-10(9)7-16/h1-3,9-10,15,17H,4-8H2/t9-,10+. The van der Waals surface area contributed by atoms with Crippen molar-refractivity contribution < 1.29 is 5.11 Å². The summed E-state index contributed by atoms with van der Waals surface area (Å²) in [6.07, 6.45) is 0. The van der Waals surface area contributed by atoms with Crippen LogP contribution >= 0.6 is 11.6 Å². The molecule has 2 saturated heterocycles. The van der Waals surface area contributed by atoms with Gasteiger partial charge in [0, 0.05) is 30.2 Å². The monoisotopic (exact) mass is 252 g/mol. The molecular formula is C13H17ClN2O. The second-order valence-corrected chi connectivity index (χ2v) is 5.52. The molecule has 0 spiro atoms. The van der Waals surface area contributed by atoms with Gasteiger partial charge in [-0.25, -0.2) is 0 Å². The number of phenols is 1. The molecule has 1 aromatic rings. The fraction of sp³-hybridized carbons (Fsp3) is 0.538. The van der Waals surface area contributed by atoms with Crippen molar-refractivity contribution in [1.29, 1.82) is 0 Å². The highest BCUT2D eigenvalue weighted by Gasteiger charge is 2.36. The SMILES string of the molecule is Oc1cccc(Cl)c1CN1C[C@H]2CNC[C@H]2C1. The Balaban J connectivity index is 1.72. The van der Waals surface area contributed by atoms with Gasteiger partial charge in [-0.1, -0.05) is 17.7 Å². The lowest BCUT2D eigenvalue weighted by Crippen LogP contribution is -2.25. The van der Waals surface area contributed by atoms with Crippen molar-refractivity contribution in [3.63, 3.8) is 0 Å². The number of fused-ring (bicyclic) bond motifs is 1. The Morgan fingerprint density at radius 1 is 1.29 bits per heavy atom. The number of rotatable bonds is 2. The predicted molar refractivity (Wildman–Crippen MR) is 68.2 cm³/mol. The van der Waals surface area contributed by atoms with Crippen molar-refractivity contribution >= 4 is 11.6 Å². The van der Waals surface area contributed by atoms with Crippen LogP contribution in [0.1, 0.15) is 5.56 Å². The maximum absolute atomic E-state index is 9.83. The molecule has 2 atom stereocenters. The maximum Gasteiger partial charge on any atom is 0.121 e. The zero-order valence-electron chi connectivity index (χ0n) is 9.69. The van der Waals surface area contributed by atoms with Gasteiger partial charge in [0.05, 0.1) is 0 Å². The van der Waals surface area contributed by atoms with Gasteiger partial charge in [-0.2, -0.15) is 0 Å². The molecule has 2 aliphatic rings. The summed E-state index contributed by atoms with van der Waals surface area (Å²) in [5.74, 6) is 1.87. The Hall–Kier alpha value is -0.770. The molecule has 3 nitrogen and oxygen atoms in total. The first kappa shape index (κ1) is 11.3. The molecule has 2 N–H and O–H groups in total. The van der Waals surface area contributed by atoms with Crippen LogP contribution in [-0.2, 0) is 6.54 Å². The second kappa shape index (κ2) is 4.48. The zero-order valence-corrected chi connectivity index (χ0v) is 10.5. The van der Waals surface area contributed by atoms with Gasteiger partial charge in [0.25, 0.3) is 0 Å². The van der Waals surface area contributed by atoms with E-state index in [1.807, 2.05) is 6.07 Å². The summed E-state index contributed by atoms with van der Waals surface area (Å²) in [6, 6.07) is 5.33. The van der Waals surface area contributed by atoms with Crippen molar-refractivity contribution in [3.8, 4) is 5.75 Å². The molecule has 3 rings (SSSR count). The molecular weight excluding hydrogens is 236 g/mol. The molecule has 2 heterocycles. The number of phenolic OH excluding ortho intramolecular Hbond substituents is 1. The van der Waals surface area contributed by atoms with E-state index in [4.69, 9.17) is 11.6 Å². The number of benzene rings is 1. The highest BCUT2D eigenvalue weighted by Crippen LogP contribution is 2.31. The smallest absolute Gasteiger partial charge is 0.121 e. The summed E-state index contributed by atoms with van der Waals surface area (Å²) >= 11 is 6.13. The molecule has 0 aromatic heterocycles. The lowest BCUT2D eigenvalue weighted by Gasteiger charge is -2.18. The van der Waals surface area contributed by atoms with E-state index in [0.29, 0.717) is 10.8 Å². The summed E-state index contributed by atoms with van der Waals surface area (Å²) in [5, 5.41) is 13.9. The third kappa shape index (κ3) is 2.15. The summed E-state index contributed by atoms with van der Waals surface area (Å²) in [7, 11) is 0. The minimum absolute atomic E-state index is 0.313. The zero-order chi connectivity index (χ0) is 11.8. The quantitative estimate of drug-likeness (QED) is 0.841. The summed E-state index contributed by atoms with van der Waals surface area (Å²) in [4.78, 5) is 2.40.